The molecule has 0 spiro atoms. The molecule has 0 aliphatic heterocycles. The Kier molecular flexibility index (Phi) is 3.33. The summed E-state index contributed by atoms with van der Waals surface area (Å²) in [5, 5.41) is 3.50. The quantitative estimate of drug-likeness (QED) is 0.772. The average molecular weight is 269 g/mol. The Labute approximate surface area is 116 Å². The molecule has 1 unspecified atom stereocenters. The second kappa shape index (κ2) is 5.28. The van der Waals surface area contributed by atoms with Crippen LogP contribution in [-0.4, -0.2) is 9.55 Å². The van der Waals surface area contributed by atoms with Gasteiger partial charge in [0.1, 0.15) is 0 Å². The Morgan fingerprint density at radius 1 is 1.21 bits per heavy atom. The third-order valence-corrected chi connectivity index (χ3v) is 3.97. The van der Waals surface area contributed by atoms with Gasteiger partial charge in [-0.15, -0.1) is 11.3 Å². The number of nitrogens with one attached hydrogen (secondary N) is 1. The first-order valence-electron chi connectivity index (χ1n) is 6.21. The molecule has 1 aromatic carbocycles. The van der Waals surface area contributed by atoms with E-state index in [9.17, 15) is 0 Å². The van der Waals surface area contributed by atoms with Gasteiger partial charge in [0.25, 0.3) is 0 Å². The number of hydrogen-bond acceptors (Lipinski definition) is 3. The van der Waals surface area contributed by atoms with Gasteiger partial charge < -0.3 is 9.88 Å². The summed E-state index contributed by atoms with van der Waals surface area (Å²) >= 11 is 1.67. The molecule has 4 heteroatoms. The molecule has 0 saturated carbocycles. The van der Waals surface area contributed by atoms with Crippen LogP contribution >= 0.6 is 11.3 Å². The van der Waals surface area contributed by atoms with Gasteiger partial charge >= 0.3 is 0 Å². The van der Waals surface area contributed by atoms with Gasteiger partial charge in [0, 0.05) is 34.8 Å². The van der Waals surface area contributed by atoms with E-state index in [0.29, 0.717) is 0 Å². The molecule has 1 atom stereocenters. The van der Waals surface area contributed by atoms with E-state index in [-0.39, 0.29) is 6.04 Å². The molecular formula is C15H15N3S. The van der Waals surface area contributed by atoms with Crippen molar-refractivity contribution >= 4 is 17.0 Å². The van der Waals surface area contributed by atoms with Gasteiger partial charge in [-0.05, 0) is 37.3 Å². The van der Waals surface area contributed by atoms with Crippen LogP contribution in [0.25, 0.3) is 5.69 Å². The molecule has 3 nitrogen and oxygen atoms in total. The van der Waals surface area contributed by atoms with Crippen molar-refractivity contribution in [2.45, 2.75) is 13.0 Å². The molecule has 0 bridgehead atoms. The van der Waals surface area contributed by atoms with Gasteiger partial charge in [0.05, 0.1) is 11.6 Å². The van der Waals surface area contributed by atoms with Crippen molar-refractivity contribution in [3.05, 3.63) is 65.4 Å². The molecule has 96 valence electrons. The Balaban J connectivity index is 1.80. The van der Waals surface area contributed by atoms with Crippen LogP contribution in [-0.2, 0) is 0 Å². The number of hydrogen-bond donors (Lipinski definition) is 1. The number of aromatic nitrogens is 2. The van der Waals surface area contributed by atoms with Gasteiger partial charge in [-0.3, -0.25) is 4.98 Å². The lowest BCUT2D eigenvalue weighted by Gasteiger charge is -2.14. The van der Waals surface area contributed by atoms with E-state index in [1.165, 1.54) is 4.88 Å². The standard InChI is InChI=1S/C15H15N3S/c1-12(15-10-16-11-19-15)17-13-5-4-6-14(9-13)18-7-2-3-8-18/h2-12,17H,1H3. The predicted octanol–water partition coefficient (Wildman–Crippen LogP) is 4.11. The van der Waals surface area contributed by atoms with Crippen LogP contribution in [0.2, 0.25) is 0 Å². The minimum atomic E-state index is 0.271. The van der Waals surface area contributed by atoms with Crippen molar-refractivity contribution in [3.63, 3.8) is 0 Å². The zero-order valence-corrected chi connectivity index (χ0v) is 11.5. The van der Waals surface area contributed by atoms with Crippen LogP contribution < -0.4 is 5.32 Å². The van der Waals surface area contributed by atoms with Crippen molar-refractivity contribution in [1.29, 1.82) is 0 Å². The maximum absolute atomic E-state index is 4.12. The van der Waals surface area contributed by atoms with Crippen molar-refractivity contribution < 1.29 is 0 Å². The fourth-order valence-corrected chi connectivity index (χ4v) is 2.65. The van der Waals surface area contributed by atoms with Crippen LogP contribution in [0.1, 0.15) is 17.8 Å². The van der Waals surface area contributed by atoms with E-state index < -0.39 is 0 Å². The van der Waals surface area contributed by atoms with E-state index in [4.69, 9.17) is 0 Å². The van der Waals surface area contributed by atoms with E-state index in [1.54, 1.807) is 11.3 Å². The van der Waals surface area contributed by atoms with Gasteiger partial charge in [0.2, 0.25) is 0 Å². The van der Waals surface area contributed by atoms with Crippen LogP contribution in [0.3, 0.4) is 0 Å². The first-order valence-corrected chi connectivity index (χ1v) is 7.09. The molecule has 2 heterocycles. The second-order valence-corrected chi connectivity index (χ2v) is 5.33. The summed E-state index contributed by atoms with van der Waals surface area (Å²) in [4.78, 5) is 5.36. The Morgan fingerprint density at radius 2 is 2.05 bits per heavy atom. The Bertz CT molecular complexity index is 629. The van der Waals surface area contributed by atoms with Crippen LogP contribution in [0.5, 0.6) is 0 Å². The third kappa shape index (κ3) is 2.69. The lowest BCUT2D eigenvalue weighted by atomic mass is 10.2. The summed E-state index contributed by atoms with van der Waals surface area (Å²) < 4.78 is 2.10. The van der Waals surface area contributed by atoms with E-state index in [0.717, 1.165) is 11.4 Å². The summed E-state index contributed by atoms with van der Waals surface area (Å²) in [6, 6.07) is 12.7. The van der Waals surface area contributed by atoms with E-state index >= 15 is 0 Å². The average Bonchev–Trinajstić information content (AvgIpc) is 3.13. The normalized spacial score (nSPS) is 12.3. The highest BCUT2D eigenvalue weighted by Crippen LogP contribution is 2.23. The highest BCUT2D eigenvalue weighted by Gasteiger charge is 2.07. The maximum Gasteiger partial charge on any atom is 0.0795 e. The molecule has 0 saturated heterocycles. The van der Waals surface area contributed by atoms with Crippen molar-refractivity contribution in [3.8, 4) is 5.69 Å². The molecule has 0 fully saturated rings. The van der Waals surface area contributed by atoms with Gasteiger partial charge in [0.15, 0.2) is 0 Å². The molecule has 0 aliphatic rings. The number of thiazole rings is 1. The van der Waals surface area contributed by atoms with Gasteiger partial charge in [-0.1, -0.05) is 6.07 Å². The van der Waals surface area contributed by atoms with Crippen LogP contribution in [0, 0.1) is 0 Å². The highest BCUT2D eigenvalue weighted by atomic mass is 32.1. The lowest BCUT2D eigenvalue weighted by Crippen LogP contribution is -2.05. The summed E-state index contributed by atoms with van der Waals surface area (Å²) in [7, 11) is 0. The fourth-order valence-electron chi connectivity index (χ4n) is 2.02. The summed E-state index contributed by atoms with van der Waals surface area (Å²) in [5.41, 5.74) is 4.14. The Morgan fingerprint density at radius 3 is 2.79 bits per heavy atom. The van der Waals surface area contributed by atoms with E-state index in [2.05, 4.69) is 46.1 Å². The van der Waals surface area contributed by atoms with Gasteiger partial charge in [-0.2, -0.15) is 0 Å². The second-order valence-electron chi connectivity index (χ2n) is 4.41. The zero-order chi connectivity index (χ0) is 13.1. The van der Waals surface area contributed by atoms with Crippen LogP contribution in [0.4, 0.5) is 5.69 Å². The third-order valence-electron chi connectivity index (χ3n) is 3.01. The van der Waals surface area contributed by atoms with E-state index in [1.807, 2.05) is 36.2 Å². The highest BCUT2D eigenvalue weighted by molar-refractivity contribution is 7.09. The lowest BCUT2D eigenvalue weighted by molar-refractivity contribution is 0.902. The molecule has 0 aliphatic carbocycles. The summed E-state index contributed by atoms with van der Waals surface area (Å²) in [6.45, 7) is 2.15. The molecular weight excluding hydrogens is 254 g/mol. The smallest absolute Gasteiger partial charge is 0.0795 e. The molecule has 3 aromatic rings. The molecule has 19 heavy (non-hydrogen) atoms. The molecule has 0 radical (unpaired) electrons. The molecule has 3 rings (SSSR count). The fraction of sp³-hybridized carbons (Fsp3) is 0.133. The molecule has 1 N–H and O–H groups in total. The van der Waals surface area contributed by atoms with Crippen molar-refractivity contribution in [2.24, 2.45) is 0 Å². The monoisotopic (exact) mass is 269 g/mol. The zero-order valence-electron chi connectivity index (χ0n) is 10.7. The largest absolute Gasteiger partial charge is 0.378 e. The molecule has 0 amide bonds. The number of rotatable bonds is 4. The SMILES string of the molecule is CC(Nc1cccc(-n2cccc2)c1)c1cncs1. The topological polar surface area (TPSA) is 29.9 Å². The number of benzene rings is 1. The van der Waals surface area contributed by atoms with Crippen molar-refractivity contribution in [2.75, 3.05) is 5.32 Å². The summed E-state index contributed by atoms with van der Waals surface area (Å²) in [6.07, 6.45) is 6.01. The summed E-state index contributed by atoms with van der Waals surface area (Å²) in [5.74, 6) is 0. The first kappa shape index (κ1) is 12.0. The number of anilines is 1. The number of nitrogens with zero attached hydrogens (tertiary/aromatic N) is 2. The first-order chi connectivity index (χ1) is 9.33. The Hall–Kier alpha value is -2.07. The van der Waals surface area contributed by atoms with Crippen LogP contribution in [0.15, 0.2) is 60.5 Å². The minimum Gasteiger partial charge on any atom is -0.378 e. The minimum absolute atomic E-state index is 0.271. The van der Waals surface area contributed by atoms with Gasteiger partial charge in [-0.25, -0.2) is 0 Å². The maximum atomic E-state index is 4.12. The predicted molar refractivity (Wildman–Crippen MR) is 79.9 cm³/mol. The molecule has 2 aromatic heterocycles. The van der Waals surface area contributed by atoms with Crippen molar-refractivity contribution in [1.82, 2.24) is 9.55 Å².